The second-order valence-corrected chi connectivity index (χ2v) is 7.99. The third-order valence-corrected chi connectivity index (χ3v) is 5.69. The number of benzene rings is 2. The standard InChI is InChI=1S/C19H22O6S/c20-18-14-15(10-11-17(18)19(21)22)25-12-6-1-2-7-13-26(23,24)16-8-4-3-5-9-16/h3-5,8-11,14,20H,1-2,6-7,12-13H2,(H,21,22). The first-order valence-electron chi connectivity index (χ1n) is 8.37. The van der Waals surface area contributed by atoms with Crippen LogP contribution in [0.1, 0.15) is 36.0 Å². The van der Waals surface area contributed by atoms with E-state index in [9.17, 15) is 18.3 Å². The number of sulfone groups is 1. The molecule has 2 N–H and O–H groups in total. The van der Waals surface area contributed by atoms with Crippen LogP contribution >= 0.6 is 0 Å². The Hall–Kier alpha value is -2.54. The summed E-state index contributed by atoms with van der Waals surface area (Å²) in [7, 11) is -3.22. The lowest BCUT2D eigenvalue weighted by molar-refractivity contribution is 0.0693. The van der Waals surface area contributed by atoms with Gasteiger partial charge in [0.1, 0.15) is 17.1 Å². The number of carboxylic acid groups (broad SMARTS) is 1. The highest BCUT2D eigenvalue weighted by Gasteiger charge is 2.13. The topological polar surface area (TPSA) is 101 Å². The average Bonchev–Trinajstić information content (AvgIpc) is 2.61. The number of ether oxygens (including phenoxy) is 1. The first-order valence-corrected chi connectivity index (χ1v) is 10.0. The Kier molecular flexibility index (Phi) is 7.03. The van der Waals surface area contributed by atoms with Gasteiger partial charge in [-0.05, 0) is 37.1 Å². The quantitative estimate of drug-likeness (QED) is 0.614. The molecule has 0 aliphatic rings. The summed E-state index contributed by atoms with van der Waals surface area (Å²) in [4.78, 5) is 11.2. The maximum Gasteiger partial charge on any atom is 0.339 e. The van der Waals surface area contributed by atoms with Crippen LogP contribution in [0.5, 0.6) is 11.5 Å². The van der Waals surface area contributed by atoms with Crippen LogP contribution in [0.15, 0.2) is 53.4 Å². The predicted molar refractivity (Wildman–Crippen MR) is 97.5 cm³/mol. The normalized spacial score (nSPS) is 11.2. The molecule has 0 bridgehead atoms. The molecule has 6 nitrogen and oxygen atoms in total. The van der Waals surface area contributed by atoms with Crippen molar-refractivity contribution in [3.63, 3.8) is 0 Å². The van der Waals surface area contributed by atoms with Crippen LogP contribution in [0.25, 0.3) is 0 Å². The molecule has 0 saturated carbocycles. The van der Waals surface area contributed by atoms with E-state index < -0.39 is 15.8 Å². The van der Waals surface area contributed by atoms with Crippen LogP contribution in [0.4, 0.5) is 0 Å². The molecule has 0 saturated heterocycles. The Labute approximate surface area is 153 Å². The lowest BCUT2D eigenvalue weighted by Gasteiger charge is -2.08. The molecular formula is C19H22O6S. The van der Waals surface area contributed by atoms with Crippen molar-refractivity contribution >= 4 is 15.8 Å². The minimum Gasteiger partial charge on any atom is -0.507 e. The van der Waals surface area contributed by atoms with Gasteiger partial charge in [-0.2, -0.15) is 0 Å². The molecule has 0 aliphatic heterocycles. The van der Waals surface area contributed by atoms with Gasteiger partial charge in [-0.25, -0.2) is 13.2 Å². The van der Waals surface area contributed by atoms with Crippen molar-refractivity contribution in [1.29, 1.82) is 0 Å². The smallest absolute Gasteiger partial charge is 0.339 e. The van der Waals surface area contributed by atoms with Crippen LogP contribution < -0.4 is 4.74 Å². The molecule has 0 radical (unpaired) electrons. The van der Waals surface area contributed by atoms with Crippen molar-refractivity contribution in [1.82, 2.24) is 0 Å². The highest BCUT2D eigenvalue weighted by molar-refractivity contribution is 7.91. The summed E-state index contributed by atoms with van der Waals surface area (Å²) in [6, 6.07) is 12.5. The van der Waals surface area contributed by atoms with Gasteiger partial charge in [-0.1, -0.05) is 31.0 Å². The molecule has 2 aromatic carbocycles. The van der Waals surface area contributed by atoms with Crippen LogP contribution in [0, 0.1) is 0 Å². The summed E-state index contributed by atoms with van der Waals surface area (Å²) in [5.74, 6) is -0.998. The molecule has 140 valence electrons. The first kappa shape index (κ1) is 19.8. The second kappa shape index (κ2) is 9.24. The molecule has 0 heterocycles. The molecule has 0 aliphatic carbocycles. The number of aromatic carboxylic acids is 1. The fourth-order valence-corrected chi connectivity index (χ4v) is 3.86. The third kappa shape index (κ3) is 5.77. The summed E-state index contributed by atoms with van der Waals surface area (Å²) < 4.78 is 29.7. The van der Waals surface area contributed by atoms with E-state index in [2.05, 4.69) is 0 Å². The van der Waals surface area contributed by atoms with Crippen LogP contribution in [0.3, 0.4) is 0 Å². The molecule has 0 atom stereocenters. The summed E-state index contributed by atoms with van der Waals surface area (Å²) in [6.45, 7) is 0.414. The average molecular weight is 378 g/mol. The first-order chi connectivity index (χ1) is 12.4. The molecule has 2 rings (SSSR count). The van der Waals surface area contributed by atoms with E-state index in [1.807, 2.05) is 0 Å². The van der Waals surface area contributed by atoms with Gasteiger partial charge >= 0.3 is 5.97 Å². The van der Waals surface area contributed by atoms with E-state index in [0.717, 1.165) is 19.3 Å². The number of hydrogen-bond acceptors (Lipinski definition) is 5. The summed E-state index contributed by atoms with van der Waals surface area (Å²) in [6.07, 6.45) is 2.93. The van der Waals surface area contributed by atoms with E-state index in [1.165, 1.54) is 18.2 Å². The number of carboxylic acids is 1. The molecule has 0 aromatic heterocycles. The van der Waals surface area contributed by atoms with Crippen LogP contribution in [-0.2, 0) is 9.84 Å². The number of aromatic hydroxyl groups is 1. The maximum atomic E-state index is 12.1. The van der Waals surface area contributed by atoms with Crippen LogP contribution in [-0.4, -0.2) is 37.0 Å². The van der Waals surface area contributed by atoms with E-state index in [1.54, 1.807) is 30.3 Å². The molecule has 0 spiro atoms. The molecule has 0 unspecified atom stereocenters. The summed E-state index contributed by atoms with van der Waals surface area (Å²) in [5.41, 5.74) is -0.169. The van der Waals surface area contributed by atoms with E-state index in [4.69, 9.17) is 9.84 Å². The molecule has 0 fully saturated rings. The summed E-state index contributed by atoms with van der Waals surface area (Å²) in [5, 5.41) is 18.4. The molecular weight excluding hydrogens is 356 g/mol. The summed E-state index contributed by atoms with van der Waals surface area (Å²) >= 11 is 0. The fourth-order valence-electron chi connectivity index (χ4n) is 2.47. The largest absolute Gasteiger partial charge is 0.507 e. The van der Waals surface area contributed by atoms with Crippen molar-refractivity contribution in [3.8, 4) is 11.5 Å². The SMILES string of the molecule is O=C(O)c1ccc(OCCCCCCS(=O)(=O)c2ccccc2)cc1O. The Morgan fingerprint density at radius 1 is 0.962 bits per heavy atom. The number of phenols is 1. The zero-order valence-corrected chi connectivity index (χ0v) is 15.1. The highest BCUT2D eigenvalue weighted by Crippen LogP contribution is 2.23. The molecule has 7 heteroatoms. The maximum absolute atomic E-state index is 12.1. The minimum absolute atomic E-state index is 0.127. The van der Waals surface area contributed by atoms with Gasteiger partial charge in [0.05, 0.1) is 17.3 Å². The molecule has 0 amide bonds. The van der Waals surface area contributed by atoms with Crippen molar-refractivity contribution < 1.29 is 28.2 Å². The predicted octanol–water partition coefficient (Wildman–Crippen LogP) is 3.50. The molecule has 26 heavy (non-hydrogen) atoms. The fraction of sp³-hybridized carbons (Fsp3) is 0.316. The van der Waals surface area contributed by atoms with Gasteiger partial charge in [0.25, 0.3) is 0 Å². The van der Waals surface area contributed by atoms with E-state index >= 15 is 0 Å². The van der Waals surface area contributed by atoms with E-state index in [0.29, 0.717) is 23.7 Å². The van der Waals surface area contributed by atoms with Gasteiger partial charge in [0.2, 0.25) is 0 Å². The van der Waals surface area contributed by atoms with Gasteiger partial charge in [-0.15, -0.1) is 0 Å². The van der Waals surface area contributed by atoms with Crippen LogP contribution in [0.2, 0.25) is 0 Å². The number of carbonyl (C=O) groups is 1. The monoisotopic (exact) mass is 378 g/mol. The van der Waals surface area contributed by atoms with Crippen molar-refractivity contribution in [2.75, 3.05) is 12.4 Å². The number of hydrogen-bond donors (Lipinski definition) is 2. The van der Waals surface area contributed by atoms with Crippen molar-refractivity contribution in [2.45, 2.75) is 30.6 Å². The highest BCUT2D eigenvalue weighted by atomic mass is 32.2. The third-order valence-electron chi connectivity index (χ3n) is 3.88. The van der Waals surface area contributed by atoms with Crippen molar-refractivity contribution in [3.05, 3.63) is 54.1 Å². The van der Waals surface area contributed by atoms with Gasteiger partial charge in [-0.3, -0.25) is 0 Å². The van der Waals surface area contributed by atoms with Gasteiger partial charge < -0.3 is 14.9 Å². The van der Waals surface area contributed by atoms with Gasteiger partial charge in [0, 0.05) is 6.07 Å². The number of rotatable bonds is 10. The van der Waals surface area contributed by atoms with E-state index in [-0.39, 0.29) is 17.1 Å². The lowest BCUT2D eigenvalue weighted by atomic mass is 10.2. The Balaban J connectivity index is 1.65. The second-order valence-electron chi connectivity index (χ2n) is 5.88. The Morgan fingerprint density at radius 3 is 2.31 bits per heavy atom. The Bertz CT molecular complexity index is 830. The molecule has 2 aromatic rings. The Morgan fingerprint density at radius 2 is 1.65 bits per heavy atom. The lowest BCUT2D eigenvalue weighted by Crippen LogP contribution is -2.06. The zero-order chi connectivity index (χ0) is 19.0. The number of unbranched alkanes of at least 4 members (excludes halogenated alkanes) is 3. The zero-order valence-electron chi connectivity index (χ0n) is 14.3. The van der Waals surface area contributed by atoms with Gasteiger partial charge in [0.15, 0.2) is 9.84 Å². The van der Waals surface area contributed by atoms with Crippen molar-refractivity contribution in [2.24, 2.45) is 0 Å². The minimum atomic E-state index is -3.22.